The maximum Gasteiger partial charge on any atom is 0.368 e. The monoisotopic (exact) mass is 347 g/mol. The summed E-state index contributed by atoms with van der Waals surface area (Å²) in [4.78, 5) is 12.5. The van der Waals surface area contributed by atoms with Crippen LogP contribution in [-0.4, -0.2) is 26.9 Å². The van der Waals surface area contributed by atoms with Crippen molar-refractivity contribution in [2.45, 2.75) is 13.5 Å². The van der Waals surface area contributed by atoms with Crippen LogP contribution in [0.3, 0.4) is 0 Å². The third-order valence-corrected chi connectivity index (χ3v) is 3.84. The highest BCUT2D eigenvalue weighted by atomic mass is 16.5. The minimum Gasteiger partial charge on any atom is -0.497 e. The Morgan fingerprint density at radius 3 is 2.46 bits per heavy atom. The maximum atomic E-state index is 12.5. The van der Waals surface area contributed by atoms with E-state index in [9.17, 15) is 10.1 Å². The molecule has 1 heterocycles. The smallest absolute Gasteiger partial charge is 0.368 e. The Morgan fingerprint density at radius 2 is 1.85 bits per heavy atom. The molecule has 0 amide bonds. The SMILES string of the molecule is COc1ccc(-n2nnn(C/C(C#N)=C/c3ccc(C)cc3)c2=O)cc1. The zero-order chi connectivity index (χ0) is 18.5. The molecule has 3 rings (SSSR count). The van der Waals surface area contributed by atoms with E-state index in [4.69, 9.17) is 4.74 Å². The van der Waals surface area contributed by atoms with E-state index in [2.05, 4.69) is 16.5 Å². The molecular formula is C19H17N5O2. The number of allylic oxidation sites excluding steroid dienone is 1. The van der Waals surface area contributed by atoms with Gasteiger partial charge in [-0.3, -0.25) is 0 Å². The van der Waals surface area contributed by atoms with Gasteiger partial charge >= 0.3 is 5.69 Å². The van der Waals surface area contributed by atoms with Gasteiger partial charge in [-0.1, -0.05) is 29.8 Å². The van der Waals surface area contributed by atoms with Crippen LogP contribution in [-0.2, 0) is 6.54 Å². The number of methoxy groups -OCH3 is 1. The molecular weight excluding hydrogens is 330 g/mol. The van der Waals surface area contributed by atoms with Gasteiger partial charge in [-0.25, -0.2) is 4.79 Å². The first-order chi connectivity index (χ1) is 12.6. The summed E-state index contributed by atoms with van der Waals surface area (Å²) in [6, 6.07) is 16.8. The zero-order valence-electron chi connectivity index (χ0n) is 14.5. The minimum absolute atomic E-state index is 0.0549. The molecule has 7 nitrogen and oxygen atoms in total. The fourth-order valence-corrected chi connectivity index (χ4v) is 2.40. The largest absolute Gasteiger partial charge is 0.497 e. The number of aryl methyl sites for hydroxylation is 1. The molecule has 0 aliphatic carbocycles. The van der Waals surface area contributed by atoms with Crippen molar-refractivity contribution in [1.29, 1.82) is 5.26 Å². The van der Waals surface area contributed by atoms with Crippen LogP contribution in [0.1, 0.15) is 11.1 Å². The molecule has 0 fully saturated rings. The van der Waals surface area contributed by atoms with E-state index >= 15 is 0 Å². The van der Waals surface area contributed by atoms with Crippen LogP contribution in [0.25, 0.3) is 11.8 Å². The van der Waals surface area contributed by atoms with Gasteiger partial charge in [0.05, 0.1) is 31.0 Å². The van der Waals surface area contributed by atoms with Crippen LogP contribution in [0.4, 0.5) is 0 Å². The zero-order valence-corrected chi connectivity index (χ0v) is 14.5. The van der Waals surface area contributed by atoms with Crippen LogP contribution in [0.2, 0.25) is 0 Å². The van der Waals surface area contributed by atoms with Gasteiger partial charge in [0.2, 0.25) is 0 Å². The van der Waals surface area contributed by atoms with E-state index in [0.29, 0.717) is 17.0 Å². The molecule has 1 aromatic heterocycles. The second kappa shape index (κ2) is 7.49. The van der Waals surface area contributed by atoms with Gasteiger partial charge in [0.25, 0.3) is 0 Å². The fraction of sp³-hybridized carbons (Fsp3) is 0.158. The summed E-state index contributed by atoms with van der Waals surface area (Å²) in [5, 5.41) is 17.1. The second-order valence-electron chi connectivity index (χ2n) is 5.72. The van der Waals surface area contributed by atoms with Crippen molar-refractivity contribution in [3.8, 4) is 17.5 Å². The number of hydrogen-bond acceptors (Lipinski definition) is 5. The van der Waals surface area contributed by atoms with Gasteiger partial charge in [0.15, 0.2) is 0 Å². The molecule has 2 aromatic carbocycles. The van der Waals surface area contributed by atoms with Crippen LogP contribution >= 0.6 is 0 Å². The highest BCUT2D eigenvalue weighted by Crippen LogP contribution is 2.13. The molecule has 7 heteroatoms. The topological polar surface area (TPSA) is 85.7 Å². The number of nitrogens with zero attached hydrogens (tertiary/aromatic N) is 5. The number of benzene rings is 2. The molecule has 0 saturated carbocycles. The third-order valence-electron chi connectivity index (χ3n) is 3.84. The van der Waals surface area contributed by atoms with Crippen molar-refractivity contribution in [2.24, 2.45) is 0 Å². The molecule has 130 valence electrons. The number of rotatable bonds is 5. The van der Waals surface area contributed by atoms with Crippen molar-refractivity contribution in [1.82, 2.24) is 19.8 Å². The van der Waals surface area contributed by atoms with E-state index in [1.807, 2.05) is 31.2 Å². The van der Waals surface area contributed by atoms with Gasteiger partial charge in [0.1, 0.15) is 5.75 Å². The van der Waals surface area contributed by atoms with Crippen LogP contribution in [0.15, 0.2) is 58.9 Å². The number of hydrogen-bond donors (Lipinski definition) is 0. The molecule has 0 atom stereocenters. The third kappa shape index (κ3) is 3.70. The van der Waals surface area contributed by atoms with Crippen molar-refractivity contribution >= 4 is 6.08 Å². The van der Waals surface area contributed by atoms with Crippen molar-refractivity contribution < 1.29 is 4.74 Å². The van der Waals surface area contributed by atoms with Gasteiger partial charge in [0, 0.05) is 0 Å². The quantitative estimate of drug-likeness (QED) is 0.661. The predicted molar refractivity (Wildman–Crippen MR) is 96.9 cm³/mol. The lowest BCUT2D eigenvalue weighted by Gasteiger charge is -2.01. The minimum atomic E-state index is -0.416. The number of ether oxygens (including phenoxy) is 1. The van der Waals surface area contributed by atoms with Gasteiger partial charge in [-0.05, 0) is 53.3 Å². The summed E-state index contributed by atoms with van der Waals surface area (Å²) in [7, 11) is 1.57. The Bertz CT molecular complexity index is 1020. The molecule has 0 unspecified atom stereocenters. The Morgan fingerprint density at radius 1 is 1.15 bits per heavy atom. The Labute approximate surface area is 150 Å². The summed E-state index contributed by atoms with van der Waals surface area (Å²) in [6.45, 7) is 2.05. The van der Waals surface area contributed by atoms with Crippen molar-refractivity contribution in [2.75, 3.05) is 7.11 Å². The number of nitriles is 1. The molecule has 26 heavy (non-hydrogen) atoms. The average molecular weight is 347 g/mol. The molecule has 0 aliphatic heterocycles. The molecule has 3 aromatic rings. The summed E-state index contributed by atoms with van der Waals surface area (Å²) in [5.41, 5.74) is 2.60. The van der Waals surface area contributed by atoms with Gasteiger partial charge in [-0.2, -0.15) is 14.6 Å². The van der Waals surface area contributed by atoms with E-state index in [0.717, 1.165) is 15.8 Å². The van der Waals surface area contributed by atoms with Crippen molar-refractivity contribution in [3.63, 3.8) is 0 Å². The van der Waals surface area contributed by atoms with Gasteiger partial charge < -0.3 is 4.74 Å². The number of tetrazole rings is 1. The number of aromatic nitrogens is 4. The molecule has 0 saturated heterocycles. The highest BCUT2D eigenvalue weighted by molar-refractivity contribution is 5.57. The standard InChI is InChI=1S/C19H17N5O2/c1-14-3-5-15(6-4-14)11-16(12-20)13-23-19(25)24(22-21-23)17-7-9-18(26-2)10-8-17/h3-11H,13H2,1-2H3/b16-11+. The van der Waals surface area contributed by atoms with Crippen LogP contribution in [0.5, 0.6) is 5.75 Å². The lowest BCUT2D eigenvalue weighted by molar-refractivity contribution is 0.414. The van der Waals surface area contributed by atoms with E-state index in [-0.39, 0.29) is 6.54 Å². The predicted octanol–water partition coefficient (Wildman–Crippen LogP) is 2.35. The summed E-state index contributed by atoms with van der Waals surface area (Å²) in [5.74, 6) is 0.682. The van der Waals surface area contributed by atoms with Crippen LogP contribution < -0.4 is 10.4 Å². The summed E-state index contributed by atoms with van der Waals surface area (Å²) >= 11 is 0. The maximum absolute atomic E-state index is 12.5. The molecule has 0 radical (unpaired) electrons. The lowest BCUT2D eigenvalue weighted by atomic mass is 10.1. The van der Waals surface area contributed by atoms with E-state index < -0.39 is 5.69 Å². The second-order valence-corrected chi connectivity index (χ2v) is 5.72. The highest BCUT2D eigenvalue weighted by Gasteiger charge is 2.10. The normalized spacial score (nSPS) is 11.2. The van der Waals surface area contributed by atoms with Crippen molar-refractivity contribution in [3.05, 3.63) is 75.7 Å². The Balaban J connectivity index is 1.85. The van der Waals surface area contributed by atoms with E-state index in [1.165, 1.54) is 4.68 Å². The first kappa shape index (κ1) is 17.2. The Hall–Kier alpha value is -3.66. The van der Waals surface area contributed by atoms with Gasteiger partial charge in [-0.15, -0.1) is 0 Å². The molecule has 0 aliphatic rings. The van der Waals surface area contributed by atoms with E-state index in [1.54, 1.807) is 37.5 Å². The fourth-order valence-electron chi connectivity index (χ4n) is 2.40. The van der Waals surface area contributed by atoms with Crippen LogP contribution in [0, 0.1) is 18.3 Å². The Kier molecular flexibility index (Phi) is 4.94. The summed E-state index contributed by atoms with van der Waals surface area (Å²) in [6.07, 6.45) is 1.73. The first-order valence-electron chi connectivity index (χ1n) is 7.95. The summed E-state index contributed by atoms with van der Waals surface area (Å²) < 4.78 is 7.44. The molecule has 0 bridgehead atoms. The molecule has 0 N–H and O–H groups in total. The average Bonchev–Trinajstić information content (AvgIpc) is 3.03. The lowest BCUT2D eigenvalue weighted by Crippen LogP contribution is -2.24. The molecule has 0 spiro atoms. The first-order valence-corrected chi connectivity index (χ1v) is 7.95.